The summed E-state index contributed by atoms with van der Waals surface area (Å²) in [5, 5.41) is 54.9. The van der Waals surface area contributed by atoms with Gasteiger partial charge >= 0.3 is 0 Å². The third kappa shape index (κ3) is 61.3. The van der Waals surface area contributed by atoms with Crippen LogP contribution in [0, 0.1) is 0 Å². The van der Waals surface area contributed by atoms with Crippen LogP contribution in [0.5, 0.6) is 0 Å². The first kappa shape index (κ1) is 89.4. The summed E-state index contributed by atoms with van der Waals surface area (Å²) >= 11 is 0. The highest BCUT2D eigenvalue weighted by molar-refractivity contribution is 5.76. The molecule has 7 atom stereocenters. The number of aliphatic hydroxyl groups excluding tert-OH is 5. The maximum Gasteiger partial charge on any atom is 0.220 e. The fraction of sp³-hybridized carbons (Fsp3) is 0.917. The van der Waals surface area contributed by atoms with Gasteiger partial charge in [0.15, 0.2) is 6.29 Å². The lowest BCUT2D eigenvalue weighted by Crippen LogP contribution is -2.60. The van der Waals surface area contributed by atoms with Crippen molar-refractivity contribution in [3.05, 3.63) is 36.5 Å². The van der Waals surface area contributed by atoms with Crippen LogP contribution in [0.1, 0.15) is 438 Å². The molecule has 0 aromatic heterocycles. The number of nitrogens with one attached hydrogen (secondary N) is 1. The summed E-state index contributed by atoms with van der Waals surface area (Å²) in [6.45, 7) is 3.83. The first-order chi connectivity index (χ1) is 45.8. The Kier molecular flexibility index (Phi) is 70.3. The highest BCUT2D eigenvalue weighted by Gasteiger charge is 2.44. The summed E-state index contributed by atoms with van der Waals surface area (Å²) < 4.78 is 11.3. The van der Waals surface area contributed by atoms with Gasteiger partial charge in [-0.2, -0.15) is 0 Å². The Morgan fingerprint density at radius 2 is 0.613 bits per heavy atom. The molecule has 550 valence electrons. The SMILES string of the molecule is CCCCCCCCCCCCCCCCCCCCCCC/C=C/CC/C=C/CC/C=C/C(O)C(COC1OC(CO)C(O)C(O)C1O)NC(=O)CCCCCCCCCCCCCCCCCCCCCCCCCCCCCCCCCCCCCCCCC. The zero-order chi connectivity index (χ0) is 67.1. The zero-order valence-corrected chi connectivity index (χ0v) is 62.0. The lowest BCUT2D eigenvalue weighted by molar-refractivity contribution is -0.302. The van der Waals surface area contributed by atoms with E-state index in [0.29, 0.717) is 6.42 Å². The molecule has 93 heavy (non-hydrogen) atoms. The Labute approximate surface area is 578 Å². The number of amides is 1. The van der Waals surface area contributed by atoms with Crippen LogP contribution < -0.4 is 5.32 Å². The lowest BCUT2D eigenvalue weighted by Gasteiger charge is -2.40. The molecule has 1 amide bonds. The zero-order valence-electron chi connectivity index (χ0n) is 62.0. The molecule has 1 rings (SSSR count). The van der Waals surface area contributed by atoms with Gasteiger partial charge in [0.05, 0.1) is 25.4 Å². The van der Waals surface area contributed by atoms with Gasteiger partial charge in [-0.05, 0) is 44.9 Å². The summed E-state index contributed by atoms with van der Waals surface area (Å²) in [5.74, 6) is -0.181. The predicted octanol–water partition coefficient (Wildman–Crippen LogP) is 24.1. The van der Waals surface area contributed by atoms with Crippen LogP contribution in [-0.4, -0.2) is 87.5 Å². The van der Waals surface area contributed by atoms with Crippen LogP contribution in [0.2, 0.25) is 0 Å². The molecule has 0 aliphatic carbocycles. The van der Waals surface area contributed by atoms with Crippen molar-refractivity contribution in [2.24, 2.45) is 0 Å². The van der Waals surface area contributed by atoms with Gasteiger partial charge in [0, 0.05) is 6.42 Å². The van der Waals surface area contributed by atoms with E-state index >= 15 is 0 Å². The number of rotatable bonds is 75. The number of hydrogen-bond donors (Lipinski definition) is 6. The molecule has 9 nitrogen and oxygen atoms in total. The van der Waals surface area contributed by atoms with Gasteiger partial charge in [-0.3, -0.25) is 4.79 Å². The van der Waals surface area contributed by atoms with Crippen molar-refractivity contribution in [2.45, 2.75) is 480 Å². The average Bonchev–Trinajstić information content (AvgIpc) is 0.967. The van der Waals surface area contributed by atoms with E-state index in [1.165, 1.54) is 372 Å². The Hall–Kier alpha value is -1.59. The molecule has 7 unspecified atom stereocenters. The minimum absolute atomic E-state index is 0.181. The van der Waals surface area contributed by atoms with Crippen molar-refractivity contribution in [3.63, 3.8) is 0 Å². The van der Waals surface area contributed by atoms with Gasteiger partial charge in [0.1, 0.15) is 24.4 Å². The summed E-state index contributed by atoms with van der Waals surface area (Å²) in [4.78, 5) is 13.2. The van der Waals surface area contributed by atoms with Gasteiger partial charge in [0.2, 0.25) is 5.91 Å². The fourth-order valence-electron chi connectivity index (χ4n) is 13.7. The van der Waals surface area contributed by atoms with E-state index in [4.69, 9.17) is 9.47 Å². The van der Waals surface area contributed by atoms with Crippen molar-refractivity contribution in [3.8, 4) is 0 Å². The van der Waals surface area contributed by atoms with Crippen molar-refractivity contribution >= 4 is 5.91 Å². The molecule has 0 aromatic rings. The number of carbonyl (C=O) groups excluding carboxylic acids is 1. The minimum atomic E-state index is -1.58. The summed E-state index contributed by atoms with van der Waals surface area (Å²) in [5.41, 5.74) is 0. The van der Waals surface area contributed by atoms with Gasteiger partial charge < -0.3 is 40.3 Å². The molecule has 0 bridgehead atoms. The minimum Gasteiger partial charge on any atom is -0.394 e. The van der Waals surface area contributed by atoms with E-state index < -0.39 is 49.5 Å². The van der Waals surface area contributed by atoms with Gasteiger partial charge in [0.25, 0.3) is 0 Å². The molecule has 1 heterocycles. The van der Waals surface area contributed by atoms with Gasteiger partial charge in [-0.1, -0.05) is 423 Å². The molecule has 6 N–H and O–H groups in total. The van der Waals surface area contributed by atoms with E-state index in [1.807, 2.05) is 6.08 Å². The second-order valence-electron chi connectivity index (χ2n) is 29.3. The highest BCUT2D eigenvalue weighted by atomic mass is 16.7. The third-order valence-corrected chi connectivity index (χ3v) is 20.2. The van der Waals surface area contributed by atoms with E-state index in [9.17, 15) is 30.3 Å². The maximum absolute atomic E-state index is 13.2. The first-order valence-corrected chi connectivity index (χ1v) is 41.7. The van der Waals surface area contributed by atoms with Crippen molar-refractivity contribution in [2.75, 3.05) is 13.2 Å². The van der Waals surface area contributed by atoms with E-state index in [0.717, 1.165) is 44.9 Å². The van der Waals surface area contributed by atoms with Crippen LogP contribution in [0.3, 0.4) is 0 Å². The highest BCUT2D eigenvalue weighted by Crippen LogP contribution is 2.24. The molecule has 1 fully saturated rings. The molecular formula is C84H161NO8. The monoisotopic (exact) mass is 1310 g/mol. The topological polar surface area (TPSA) is 149 Å². The van der Waals surface area contributed by atoms with Crippen LogP contribution in [0.15, 0.2) is 36.5 Å². The maximum atomic E-state index is 13.2. The summed E-state index contributed by atoms with van der Waals surface area (Å²) in [7, 11) is 0. The standard InChI is InChI=1S/C84H161NO8/c1-3-5-7-9-11-13-15-17-19-21-23-25-27-29-31-33-35-36-37-38-39-40-41-42-44-46-48-50-52-54-56-58-60-62-64-66-68-70-72-74-80(88)85-77(76-92-84-83(91)82(90)81(89)79(75-86)93-84)78(87)73-71-69-67-65-63-61-59-57-55-53-51-49-47-45-43-34-32-30-28-26-24-22-20-18-16-14-12-10-8-6-4-2/h55,57,63,65,71,73,77-79,81-84,86-87,89-91H,3-54,56,58-62,64,66-70,72,74-76H2,1-2H3,(H,85,88)/b57-55+,65-63+,73-71+. The molecule has 0 aromatic carbocycles. The second-order valence-corrected chi connectivity index (χ2v) is 29.3. The number of unbranched alkanes of at least 4 members (excludes halogenated alkanes) is 61. The molecule has 0 saturated carbocycles. The Bertz CT molecular complexity index is 1570. The molecule has 1 aliphatic rings. The Morgan fingerprint density at radius 1 is 0.355 bits per heavy atom. The van der Waals surface area contributed by atoms with Crippen LogP contribution >= 0.6 is 0 Å². The smallest absolute Gasteiger partial charge is 0.220 e. The summed E-state index contributed by atoms with van der Waals surface area (Å²) in [6.07, 6.45) is 93.3. The fourth-order valence-corrected chi connectivity index (χ4v) is 13.7. The molecule has 0 radical (unpaired) electrons. The molecule has 1 aliphatic heterocycles. The number of aliphatic hydroxyl groups is 5. The van der Waals surface area contributed by atoms with Crippen molar-refractivity contribution < 1.29 is 39.8 Å². The third-order valence-electron chi connectivity index (χ3n) is 20.2. The van der Waals surface area contributed by atoms with Crippen LogP contribution in [0.25, 0.3) is 0 Å². The quantitative estimate of drug-likeness (QED) is 0.0261. The number of carbonyl (C=O) groups is 1. The number of hydrogen-bond acceptors (Lipinski definition) is 8. The van der Waals surface area contributed by atoms with Crippen molar-refractivity contribution in [1.82, 2.24) is 5.32 Å². The molecular weight excluding hydrogens is 1150 g/mol. The van der Waals surface area contributed by atoms with Gasteiger partial charge in [-0.25, -0.2) is 0 Å². The van der Waals surface area contributed by atoms with Crippen molar-refractivity contribution in [1.29, 1.82) is 0 Å². The number of ether oxygens (including phenoxy) is 2. The number of allylic oxidation sites excluding steroid dienone is 5. The largest absolute Gasteiger partial charge is 0.394 e. The Balaban J connectivity index is 2.06. The van der Waals surface area contributed by atoms with E-state index in [-0.39, 0.29) is 12.5 Å². The predicted molar refractivity (Wildman–Crippen MR) is 401 cm³/mol. The molecule has 0 spiro atoms. The molecule has 9 heteroatoms. The van der Waals surface area contributed by atoms with Crippen LogP contribution in [0.4, 0.5) is 0 Å². The van der Waals surface area contributed by atoms with Gasteiger partial charge in [-0.15, -0.1) is 0 Å². The summed E-state index contributed by atoms with van der Waals surface area (Å²) in [6, 6.07) is -0.829. The van der Waals surface area contributed by atoms with E-state index in [1.54, 1.807) is 6.08 Å². The average molecular weight is 1310 g/mol. The first-order valence-electron chi connectivity index (χ1n) is 41.7. The lowest BCUT2D eigenvalue weighted by atomic mass is 9.99. The van der Waals surface area contributed by atoms with Crippen LogP contribution in [-0.2, 0) is 14.3 Å². The van der Waals surface area contributed by atoms with E-state index in [2.05, 4.69) is 43.5 Å². The normalized spacial score (nSPS) is 17.7. The Morgan fingerprint density at radius 3 is 0.903 bits per heavy atom. The molecule has 1 saturated heterocycles. The second kappa shape index (κ2) is 73.1.